The van der Waals surface area contributed by atoms with E-state index in [0.29, 0.717) is 34.4 Å². The number of ether oxygens (including phenoxy) is 1. The van der Waals surface area contributed by atoms with Crippen LogP contribution >= 0.6 is 11.3 Å². The molecule has 0 bridgehead atoms. The van der Waals surface area contributed by atoms with E-state index in [1.165, 1.54) is 11.3 Å². The van der Waals surface area contributed by atoms with Gasteiger partial charge in [-0.3, -0.25) is 4.79 Å². The molecule has 1 N–H and O–H groups in total. The Balaban J connectivity index is 1.75. The van der Waals surface area contributed by atoms with Crippen LogP contribution in [0.2, 0.25) is 0 Å². The molecule has 27 heavy (non-hydrogen) atoms. The summed E-state index contributed by atoms with van der Waals surface area (Å²) in [6.45, 7) is 4.92. The van der Waals surface area contributed by atoms with Crippen LogP contribution in [-0.2, 0) is 7.05 Å². The Morgan fingerprint density at radius 3 is 2.70 bits per heavy atom. The maximum absolute atomic E-state index is 12.5. The van der Waals surface area contributed by atoms with Crippen molar-refractivity contribution in [2.75, 3.05) is 6.61 Å². The molecule has 1 aromatic carbocycles. The molecule has 0 amide bonds. The van der Waals surface area contributed by atoms with Gasteiger partial charge >= 0.3 is 0 Å². The van der Waals surface area contributed by atoms with Gasteiger partial charge in [0.2, 0.25) is 0 Å². The molecule has 0 aliphatic heterocycles. The molecule has 0 unspecified atom stereocenters. The third-order valence-electron chi connectivity index (χ3n) is 4.21. The first-order chi connectivity index (χ1) is 13.0. The first kappa shape index (κ1) is 17.5. The summed E-state index contributed by atoms with van der Waals surface area (Å²) in [4.78, 5) is 24.3. The number of imidazole rings is 1. The van der Waals surface area contributed by atoms with Crippen LogP contribution in [0, 0.1) is 5.92 Å². The fourth-order valence-electron chi connectivity index (χ4n) is 2.83. The highest BCUT2D eigenvalue weighted by Gasteiger charge is 2.15. The van der Waals surface area contributed by atoms with Crippen LogP contribution in [0.5, 0.6) is 5.75 Å². The summed E-state index contributed by atoms with van der Waals surface area (Å²) < 4.78 is 8.19. The van der Waals surface area contributed by atoms with Gasteiger partial charge in [0, 0.05) is 30.4 Å². The van der Waals surface area contributed by atoms with Crippen LogP contribution in [0.3, 0.4) is 0 Å². The van der Waals surface area contributed by atoms with E-state index in [4.69, 9.17) is 9.72 Å². The third kappa shape index (κ3) is 3.38. The van der Waals surface area contributed by atoms with Gasteiger partial charge in [0.15, 0.2) is 11.6 Å². The number of H-pyrrole nitrogens is 1. The van der Waals surface area contributed by atoms with Crippen molar-refractivity contribution in [1.82, 2.24) is 19.5 Å². The SMILES string of the molecule is CC(C)COc1ccc(-c2csc3c(=O)[nH]c(-c4nccn4C)nc23)cc1. The molecule has 0 saturated carbocycles. The van der Waals surface area contributed by atoms with E-state index in [9.17, 15) is 4.79 Å². The second-order valence-corrected chi connectivity index (χ2v) is 7.71. The number of thiophene rings is 1. The Morgan fingerprint density at radius 1 is 1.26 bits per heavy atom. The monoisotopic (exact) mass is 380 g/mol. The minimum Gasteiger partial charge on any atom is -0.493 e. The second-order valence-electron chi connectivity index (χ2n) is 6.83. The molecule has 6 nitrogen and oxygen atoms in total. The summed E-state index contributed by atoms with van der Waals surface area (Å²) >= 11 is 1.40. The zero-order valence-electron chi connectivity index (χ0n) is 15.4. The van der Waals surface area contributed by atoms with Gasteiger partial charge in [0.05, 0.1) is 12.1 Å². The molecule has 3 aromatic heterocycles. The van der Waals surface area contributed by atoms with Crippen molar-refractivity contribution in [1.29, 1.82) is 0 Å². The number of aromatic nitrogens is 4. The lowest BCUT2D eigenvalue weighted by Crippen LogP contribution is -2.09. The van der Waals surface area contributed by atoms with Crippen molar-refractivity contribution in [3.05, 3.63) is 52.4 Å². The molecule has 0 spiro atoms. The summed E-state index contributed by atoms with van der Waals surface area (Å²) in [5, 5.41) is 1.97. The average Bonchev–Trinajstić information content (AvgIpc) is 3.27. The Labute approximate surface area is 160 Å². The van der Waals surface area contributed by atoms with Crippen molar-refractivity contribution in [2.24, 2.45) is 13.0 Å². The van der Waals surface area contributed by atoms with Gasteiger partial charge in [-0.15, -0.1) is 11.3 Å². The predicted octanol–water partition coefficient (Wildman–Crippen LogP) is 4.09. The maximum Gasteiger partial charge on any atom is 0.269 e. The van der Waals surface area contributed by atoms with Crippen molar-refractivity contribution >= 4 is 21.6 Å². The molecule has 0 saturated heterocycles. The first-order valence-corrected chi connectivity index (χ1v) is 9.63. The normalized spacial score (nSPS) is 11.4. The van der Waals surface area contributed by atoms with E-state index in [0.717, 1.165) is 16.9 Å². The average molecular weight is 380 g/mol. The van der Waals surface area contributed by atoms with Gasteiger partial charge in [0.25, 0.3) is 5.56 Å². The summed E-state index contributed by atoms with van der Waals surface area (Å²) in [7, 11) is 1.87. The highest BCUT2D eigenvalue weighted by atomic mass is 32.1. The quantitative estimate of drug-likeness (QED) is 0.566. The summed E-state index contributed by atoms with van der Waals surface area (Å²) in [6.07, 6.45) is 3.51. The number of nitrogens with one attached hydrogen (secondary N) is 1. The summed E-state index contributed by atoms with van der Waals surface area (Å²) in [5.41, 5.74) is 2.48. The molecule has 4 aromatic rings. The zero-order valence-corrected chi connectivity index (χ0v) is 16.2. The van der Waals surface area contributed by atoms with Gasteiger partial charge < -0.3 is 14.3 Å². The maximum atomic E-state index is 12.5. The van der Waals surface area contributed by atoms with E-state index in [1.54, 1.807) is 6.20 Å². The fraction of sp³-hybridized carbons (Fsp3) is 0.250. The van der Waals surface area contributed by atoms with E-state index < -0.39 is 0 Å². The summed E-state index contributed by atoms with van der Waals surface area (Å²) in [6, 6.07) is 7.91. The van der Waals surface area contributed by atoms with Gasteiger partial charge in [0.1, 0.15) is 10.4 Å². The van der Waals surface area contributed by atoms with Crippen LogP contribution in [0.15, 0.2) is 46.8 Å². The molecular formula is C20H20N4O2S. The Hall–Kier alpha value is -2.93. The predicted molar refractivity (Wildman–Crippen MR) is 108 cm³/mol. The third-order valence-corrected chi connectivity index (χ3v) is 5.18. The van der Waals surface area contributed by atoms with Crippen molar-refractivity contribution < 1.29 is 4.74 Å². The molecule has 0 atom stereocenters. The Bertz CT molecular complexity index is 1140. The Kier molecular flexibility index (Phi) is 4.53. The molecule has 0 aliphatic rings. The molecular weight excluding hydrogens is 360 g/mol. The van der Waals surface area contributed by atoms with Crippen LogP contribution in [0.4, 0.5) is 0 Å². The van der Waals surface area contributed by atoms with Crippen molar-refractivity contribution in [3.63, 3.8) is 0 Å². The highest BCUT2D eigenvalue weighted by Crippen LogP contribution is 2.32. The van der Waals surface area contributed by atoms with Gasteiger partial charge in [-0.05, 0) is 23.6 Å². The largest absolute Gasteiger partial charge is 0.493 e. The second kappa shape index (κ2) is 7.00. The topological polar surface area (TPSA) is 72.8 Å². The number of fused-ring (bicyclic) bond motifs is 1. The minimum atomic E-state index is -0.147. The lowest BCUT2D eigenvalue weighted by molar-refractivity contribution is 0.271. The number of rotatable bonds is 5. The molecule has 0 aliphatic carbocycles. The summed E-state index contributed by atoms with van der Waals surface area (Å²) in [5.74, 6) is 2.41. The van der Waals surface area contributed by atoms with E-state index in [-0.39, 0.29) is 5.56 Å². The van der Waals surface area contributed by atoms with E-state index in [2.05, 4.69) is 23.8 Å². The van der Waals surface area contributed by atoms with Crippen LogP contribution in [0.25, 0.3) is 33.0 Å². The van der Waals surface area contributed by atoms with Gasteiger partial charge in [-0.2, -0.15) is 0 Å². The zero-order chi connectivity index (χ0) is 19.0. The lowest BCUT2D eigenvalue weighted by atomic mass is 10.1. The lowest BCUT2D eigenvalue weighted by Gasteiger charge is -2.09. The minimum absolute atomic E-state index is 0.147. The van der Waals surface area contributed by atoms with Gasteiger partial charge in [-0.1, -0.05) is 26.0 Å². The number of aromatic amines is 1. The number of aryl methyl sites for hydroxylation is 1. The number of hydrogen-bond donors (Lipinski definition) is 1. The van der Waals surface area contributed by atoms with Crippen LogP contribution in [0.1, 0.15) is 13.8 Å². The Morgan fingerprint density at radius 2 is 2.04 bits per heavy atom. The molecule has 4 rings (SSSR count). The number of hydrogen-bond acceptors (Lipinski definition) is 5. The standard InChI is InChI=1S/C20H20N4O2S/c1-12(2)10-26-14-6-4-13(5-7-14)15-11-27-17-16(15)22-18(23-20(17)25)19-21-8-9-24(19)3/h4-9,11-12H,10H2,1-3H3,(H,22,23,25). The first-order valence-electron chi connectivity index (χ1n) is 8.75. The molecule has 3 heterocycles. The molecule has 138 valence electrons. The van der Waals surface area contributed by atoms with Crippen molar-refractivity contribution in [3.8, 4) is 28.5 Å². The molecule has 0 radical (unpaired) electrons. The van der Waals surface area contributed by atoms with E-state index >= 15 is 0 Å². The highest BCUT2D eigenvalue weighted by molar-refractivity contribution is 7.17. The van der Waals surface area contributed by atoms with E-state index in [1.807, 2.05) is 47.5 Å². The number of benzene rings is 1. The smallest absolute Gasteiger partial charge is 0.269 e. The number of nitrogens with zero attached hydrogens (tertiary/aromatic N) is 3. The van der Waals surface area contributed by atoms with Crippen LogP contribution < -0.4 is 10.3 Å². The van der Waals surface area contributed by atoms with Crippen molar-refractivity contribution in [2.45, 2.75) is 13.8 Å². The van der Waals surface area contributed by atoms with Gasteiger partial charge in [-0.25, -0.2) is 9.97 Å². The van der Waals surface area contributed by atoms with Crippen LogP contribution in [-0.4, -0.2) is 26.1 Å². The molecule has 0 fully saturated rings. The fourth-order valence-corrected chi connectivity index (χ4v) is 3.73. The molecule has 7 heteroatoms.